The number of halogens is 1. The Bertz CT molecular complexity index is 572. The first kappa shape index (κ1) is 13.9. The van der Waals surface area contributed by atoms with E-state index in [4.69, 9.17) is 5.73 Å². The first-order valence-electron chi connectivity index (χ1n) is 6.02. The molecule has 19 heavy (non-hydrogen) atoms. The lowest BCUT2D eigenvalue weighted by Gasteiger charge is -2.23. The van der Waals surface area contributed by atoms with E-state index in [0.717, 1.165) is 21.8 Å². The monoisotopic (exact) mass is 276 g/mol. The second-order valence-electron chi connectivity index (χ2n) is 4.20. The molecule has 0 bridgehead atoms. The van der Waals surface area contributed by atoms with E-state index in [9.17, 15) is 4.39 Å². The van der Waals surface area contributed by atoms with Gasteiger partial charge in [0.1, 0.15) is 5.82 Å². The molecule has 2 nitrogen and oxygen atoms in total. The second-order valence-corrected chi connectivity index (χ2v) is 5.05. The van der Waals surface area contributed by atoms with Crippen LogP contribution >= 0.6 is 11.8 Å². The summed E-state index contributed by atoms with van der Waals surface area (Å²) in [5.74, 6) is -0.236. The summed E-state index contributed by atoms with van der Waals surface area (Å²) in [4.78, 5) is 3.12. The summed E-state index contributed by atoms with van der Waals surface area (Å²) in [5.41, 5.74) is 8.77. The van der Waals surface area contributed by atoms with Crippen LogP contribution in [0.15, 0.2) is 47.4 Å². The van der Waals surface area contributed by atoms with E-state index in [-0.39, 0.29) is 5.82 Å². The zero-order chi connectivity index (χ0) is 13.8. The van der Waals surface area contributed by atoms with E-state index < -0.39 is 0 Å². The van der Waals surface area contributed by atoms with Crippen LogP contribution in [0, 0.1) is 5.82 Å². The summed E-state index contributed by atoms with van der Waals surface area (Å²) in [6.45, 7) is 0.464. The second kappa shape index (κ2) is 6.08. The highest BCUT2D eigenvalue weighted by molar-refractivity contribution is 7.98. The van der Waals surface area contributed by atoms with Crippen LogP contribution in [-0.2, 0) is 6.54 Å². The minimum absolute atomic E-state index is 0.236. The van der Waals surface area contributed by atoms with Crippen molar-refractivity contribution in [2.75, 3.05) is 18.2 Å². The molecule has 0 aliphatic rings. The molecule has 0 unspecified atom stereocenters. The number of nitrogens with zero attached hydrogens (tertiary/aromatic N) is 1. The Hall–Kier alpha value is -1.52. The molecule has 0 fully saturated rings. The summed E-state index contributed by atoms with van der Waals surface area (Å²) < 4.78 is 13.3. The Morgan fingerprint density at radius 1 is 1.21 bits per heavy atom. The molecule has 0 aliphatic carbocycles. The highest BCUT2D eigenvalue weighted by Crippen LogP contribution is 2.32. The van der Waals surface area contributed by atoms with Gasteiger partial charge in [0.25, 0.3) is 0 Å². The van der Waals surface area contributed by atoms with Crippen molar-refractivity contribution in [1.82, 2.24) is 0 Å². The van der Waals surface area contributed by atoms with Gasteiger partial charge in [0.15, 0.2) is 0 Å². The fourth-order valence-electron chi connectivity index (χ4n) is 2.09. The van der Waals surface area contributed by atoms with Gasteiger partial charge in [0.2, 0.25) is 0 Å². The predicted molar refractivity (Wildman–Crippen MR) is 80.6 cm³/mol. The number of thioether (sulfide) groups is 1. The van der Waals surface area contributed by atoms with E-state index >= 15 is 0 Å². The lowest BCUT2D eigenvalue weighted by atomic mass is 10.1. The smallest absolute Gasteiger partial charge is 0.125 e. The Morgan fingerprint density at radius 3 is 2.58 bits per heavy atom. The predicted octanol–water partition coefficient (Wildman–Crippen LogP) is 3.77. The van der Waals surface area contributed by atoms with Crippen molar-refractivity contribution in [3.63, 3.8) is 0 Å². The van der Waals surface area contributed by atoms with Crippen LogP contribution in [0.5, 0.6) is 0 Å². The Kier molecular flexibility index (Phi) is 4.45. The summed E-state index contributed by atoms with van der Waals surface area (Å²) in [6.07, 6.45) is 2.03. The molecule has 2 aromatic rings. The van der Waals surface area contributed by atoms with Crippen molar-refractivity contribution in [2.24, 2.45) is 5.73 Å². The summed E-state index contributed by atoms with van der Waals surface area (Å²) in [6, 6.07) is 12.6. The van der Waals surface area contributed by atoms with Gasteiger partial charge in [-0.05, 0) is 36.6 Å². The Morgan fingerprint density at radius 2 is 1.95 bits per heavy atom. The molecule has 0 aliphatic heterocycles. The van der Waals surface area contributed by atoms with Crippen molar-refractivity contribution < 1.29 is 4.39 Å². The molecule has 2 N–H and O–H groups in total. The normalized spacial score (nSPS) is 10.5. The van der Waals surface area contributed by atoms with Gasteiger partial charge in [-0.2, -0.15) is 0 Å². The van der Waals surface area contributed by atoms with E-state index in [1.807, 2.05) is 36.4 Å². The first-order chi connectivity index (χ1) is 9.17. The van der Waals surface area contributed by atoms with E-state index in [0.29, 0.717) is 6.54 Å². The lowest BCUT2D eigenvalue weighted by Crippen LogP contribution is -2.14. The highest BCUT2D eigenvalue weighted by atomic mass is 32.2. The SMILES string of the molecule is CSc1cccc(N(C)c2cccc(F)c2)c1CN. The number of hydrogen-bond donors (Lipinski definition) is 1. The maximum absolute atomic E-state index is 13.3. The first-order valence-corrected chi connectivity index (χ1v) is 7.25. The molecular weight excluding hydrogens is 259 g/mol. The quantitative estimate of drug-likeness (QED) is 0.862. The van der Waals surface area contributed by atoms with Crippen LogP contribution < -0.4 is 10.6 Å². The molecular formula is C15H17FN2S. The molecule has 0 saturated carbocycles. The molecule has 0 radical (unpaired) electrons. The molecule has 0 amide bonds. The average molecular weight is 276 g/mol. The van der Waals surface area contributed by atoms with Gasteiger partial charge in [-0.25, -0.2) is 4.39 Å². The van der Waals surface area contributed by atoms with Crippen molar-refractivity contribution in [2.45, 2.75) is 11.4 Å². The number of hydrogen-bond acceptors (Lipinski definition) is 3. The zero-order valence-electron chi connectivity index (χ0n) is 11.1. The minimum Gasteiger partial charge on any atom is -0.344 e. The van der Waals surface area contributed by atoms with Crippen molar-refractivity contribution in [1.29, 1.82) is 0 Å². The summed E-state index contributed by atoms with van der Waals surface area (Å²) >= 11 is 1.67. The summed E-state index contributed by atoms with van der Waals surface area (Å²) in [7, 11) is 1.92. The Balaban J connectivity index is 2.46. The third-order valence-electron chi connectivity index (χ3n) is 3.09. The third-order valence-corrected chi connectivity index (χ3v) is 3.91. The number of rotatable bonds is 4. The topological polar surface area (TPSA) is 29.3 Å². The molecule has 2 rings (SSSR count). The fraction of sp³-hybridized carbons (Fsp3) is 0.200. The average Bonchev–Trinajstić information content (AvgIpc) is 2.45. The van der Waals surface area contributed by atoms with Crippen LogP contribution in [0.4, 0.5) is 15.8 Å². The van der Waals surface area contributed by atoms with Crippen LogP contribution in [-0.4, -0.2) is 13.3 Å². The van der Waals surface area contributed by atoms with E-state index in [1.165, 1.54) is 12.1 Å². The zero-order valence-corrected chi connectivity index (χ0v) is 11.9. The molecule has 2 aromatic carbocycles. The molecule has 4 heteroatoms. The molecule has 0 saturated heterocycles. The van der Waals surface area contributed by atoms with Crippen LogP contribution in [0.25, 0.3) is 0 Å². The maximum atomic E-state index is 13.3. The number of nitrogens with two attached hydrogens (primary N) is 1. The Labute approximate surface area is 117 Å². The van der Waals surface area contributed by atoms with Gasteiger partial charge in [-0.15, -0.1) is 11.8 Å². The van der Waals surface area contributed by atoms with E-state index in [1.54, 1.807) is 17.8 Å². The van der Waals surface area contributed by atoms with Gasteiger partial charge in [-0.1, -0.05) is 12.1 Å². The van der Waals surface area contributed by atoms with Gasteiger partial charge in [-0.3, -0.25) is 0 Å². The third kappa shape index (κ3) is 2.91. The highest BCUT2D eigenvalue weighted by Gasteiger charge is 2.12. The molecule has 0 heterocycles. The van der Waals surface area contributed by atoms with Gasteiger partial charge >= 0.3 is 0 Å². The van der Waals surface area contributed by atoms with Crippen LogP contribution in [0.2, 0.25) is 0 Å². The molecule has 0 spiro atoms. The summed E-state index contributed by atoms with van der Waals surface area (Å²) in [5, 5.41) is 0. The molecule has 0 aromatic heterocycles. The molecule has 0 atom stereocenters. The maximum Gasteiger partial charge on any atom is 0.125 e. The van der Waals surface area contributed by atoms with Gasteiger partial charge in [0.05, 0.1) is 0 Å². The fourth-order valence-corrected chi connectivity index (χ4v) is 2.74. The standard InChI is InChI=1S/C15H17FN2S/c1-18(12-6-3-5-11(16)9-12)14-7-4-8-15(19-2)13(14)10-17/h3-9H,10,17H2,1-2H3. The van der Waals surface area contributed by atoms with Gasteiger partial charge in [0, 0.05) is 35.4 Å². The van der Waals surface area contributed by atoms with Crippen LogP contribution in [0.3, 0.4) is 0 Å². The minimum atomic E-state index is -0.236. The van der Waals surface area contributed by atoms with Crippen molar-refractivity contribution in [3.8, 4) is 0 Å². The lowest BCUT2D eigenvalue weighted by molar-refractivity contribution is 0.628. The van der Waals surface area contributed by atoms with Crippen molar-refractivity contribution >= 4 is 23.1 Å². The van der Waals surface area contributed by atoms with E-state index in [2.05, 4.69) is 6.07 Å². The van der Waals surface area contributed by atoms with Gasteiger partial charge < -0.3 is 10.6 Å². The largest absolute Gasteiger partial charge is 0.344 e. The molecule has 100 valence electrons. The number of anilines is 2. The number of benzene rings is 2. The van der Waals surface area contributed by atoms with Crippen LogP contribution in [0.1, 0.15) is 5.56 Å². The van der Waals surface area contributed by atoms with Crippen molar-refractivity contribution in [3.05, 3.63) is 53.8 Å².